The van der Waals surface area contributed by atoms with Crippen molar-refractivity contribution in [3.63, 3.8) is 0 Å². The average Bonchev–Trinajstić information content (AvgIpc) is 3.37. The molecule has 0 aliphatic carbocycles. The van der Waals surface area contributed by atoms with Crippen molar-refractivity contribution in [1.82, 2.24) is 30.0 Å². The minimum absolute atomic E-state index is 0.0120. The molecule has 0 saturated carbocycles. The van der Waals surface area contributed by atoms with Crippen LogP contribution in [0.2, 0.25) is 0 Å². The number of halogens is 1. The van der Waals surface area contributed by atoms with E-state index < -0.39 is 0 Å². The van der Waals surface area contributed by atoms with Crippen LogP contribution in [0.5, 0.6) is 0 Å². The first-order chi connectivity index (χ1) is 13.1. The number of carbonyl (C=O) groups excluding carboxylic acids is 1. The molecule has 2 aromatic heterocycles. The minimum atomic E-state index is -0.356. The Morgan fingerprint density at radius 2 is 2.15 bits per heavy atom. The van der Waals surface area contributed by atoms with E-state index in [2.05, 4.69) is 20.5 Å². The lowest BCUT2D eigenvalue weighted by atomic mass is 10.0. The van der Waals surface area contributed by atoms with Crippen molar-refractivity contribution in [3.05, 3.63) is 47.7 Å². The highest BCUT2D eigenvalue weighted by Gasteiger charge is 2.27. The molecule has 3 heterocycles. The molecule has 1 amide bonds. The van der Waals surface area contributed by atoms with Crippen LogP contribution in [-0.4, -0.2) is 49.0 Å². The molecule has 9 heteroatoms. The van der Waals surface area contributed by atoms with Gasteiger partial charge in [0, 0.05) is 25.1 Å². The third-order valence-electron chi connectivity index (χ3n) is 4.66. The van der Waals surface area contributed by atoms with Crippen molar-refractivity contribution in [2.75, 3.05) is 13.1 Å². The van der Waals surface area contributed by atoms with E-state index in [1.807, 2.05) is 6.92 Å². The van der Waals surface area contributed by atoms with E-state index in [9.17, 15) is 9.18 Å². The fraction of sp³-hybridized carbons (Fsp3) is 0.389. The number of rotatable bonds is 4. The van der Waals surface area contributed by atoms with E-state index >= 15 is 0 Å². The second-order valence-corrected chi connectivity index (χ2v) is 6.51. The third kappa shape index (κ3) is 3.57. The zero-order chi connectivity index (χ0) is 18.8. The van der Waals surface area contributed by atoms with Crippen LogP contribution in [0.1, 0.15) is 42.0 Å². The highest BCUT2D eigenvalue weighted by molar-refractivity contribution is 5.94. The van der Waals surface area contributed by atoms with Crippen molar-refractivity contribution in [1.29, 1.82) is 0 Å². The fourth-order valence-corrected chi connectivity index (χ4v) is 3.18. The normalized spacial score (nSPS) is 17.3. The van der Waals surface area contributed by atoms with Gasteiger partial charge in [-0.15, -0.1) is 5.10 Å². The maximum absolute atomic E-state index is 13.1. The summed E-state index contributed by atoms with van der Waals surface area (Å²) in [6.45, 7) is 3.13. The van der Waals surface area contributed by atoms with Gasteiger partial charge in [-0.25, -0.2) is 9.07 Å². The number of amides is 1. The first kappa shape index (κ1) is 17.3. The predicted molar refractivity (Wildman–Crippen MR) is 93.3 cm³/mol. The first-order valence-electron chi connectivity index (χ1n) is 8.93. The quantitative estimate of drug-likeness (QED) is 0.701. The van der Waals surface area contributed by atoms with Gasteiger partial charge in [-0.2, -0.15) is 4.98 Å². The van der Waals surface area contributed by atoms with E-state index in [4.69, 9.17) is 4.52 Å². The van der Waals surface area contributed by atoms with E-state index in [-0.39, 0.29) is 17.8 Å². The minimum Gasteiger partial charge on any atom is -0.337 e. The number of aromatic nitrogens is 5. The summed E-state index contributed by atoms with van der Waals surface area (Å²) in [6.07, 6.45) is 4.19. The number of piperidine rings is 1. The van der Waals surface area contributed by atoms with Gasteiger partial charge in [0.15, 0.2) is 11.5 Å². The van der Waals surface area contributed by atoms with Gasteiger partial charge in [0.2, 0.25) is 0 Å². The summed E-state index contributed by atoms with van der Waals surface area (Å²) in [5.74, 6) is 0.497. The van der Waals surface area contributed by atoms with Crippen LogP contribution in [0, 0.1) is 5.82 Å². The molecule has 0 bridgehead atoms. The molecule has 1 aliphatic heterocycles. The van der Waals surface area contributed by atoms with Crippen molar-refractivity contribution < 1.29 is 13.7 Å². The lowest BCUT2D eigenvalue weighted by Gasteiger charge is -2.32. The molecule has 1 aromatic carbocycles. The second-order valence-electron chi connectivity index (χ2n) is 6.51. The number of benzene rings is 1. The molecule has 4 rings (SSSR count). The number of hydrogen-bond acceptors (Lipinski definition) is 6. The Balaban J connectivity index is 1.48. The molecule has 8 nitrogen and oxygen atoms in total. The molecule has 27 heavy (non-hydrogen) atoms. The van der Waals surface area contributed by atoms with Crippen molar-refractivity contribution in [2.45, 2.75) is 32.2 Å². The van der Waals surface area contributed by atoms with Gasteiger partial charge >= 0.3 is 0 Å². The number of nitrogens with zero attached hydrogens (tertiary/aromatic N) is 6. The van der Waals surface area contributed by atoms with Crippen LogP contribution < -0.4 is 0 Å². The maximum Gasteiger partial charge on any atom is 0.280 e. The molecule has 1 unspecified atom stereocenters. The number of carbonyl (C=O) groups is 1. The fourth-order valence-electron chi connectivity index (χ4n) is 3.18. The van der Waals surface area contributed by atoms with Crippen LogP contribution >= 0.6 is 0 Å². The van der Waals surface area contributed by atoms with Crippen LogP contribution in [0.4, 0.5) is 4.39 Å². The number of likely N-dealkylation sites (tertiary alicyclic amines) is 1. The molecule has 3 aromatic rings. The Kier molecular flexibility index (Phi) is 4.66. The Labute approximate surface area is 155 Å². The molecule has 0 spiro atoms. The summed E-state index contributed by atoms with van der Waals surface area (Å²) in [7, 11) is 0. The molecule has 0 radical (unpaired) electrons. The highest BCUT2D eigenvalue weighted by atomic mass is 19.1. The molecular formula is C18H19FN6O2. The Hall–Kier alpha value is -3.10. The van der Waals surface area contributed by atoms with Gasteiger partial charge in [-0.3, -0.25) is 4.79 Å². The zero-order valence-corrected chi connectivity index (χ0v) is 14.9. The van der Waals surface area contributed by atoms with E-state index in [1.54, 1.807) is 15.8 Å². The molecule has 1 atom stereocenters. The summed E-state index contributed by atoms with van der Waals surface area (Å²) >= 11 is 0. The summed E-state index contributed by atoms with van der Waals surface area (Å²) in [6, 6.07) is 5.63. The molecule has 1 aliphatic rings. The Bertz CT molecular complexity index is 935. The SMILES string of the molecule is CCc1noc(-c2cn(C3CCCN(C(=O)c4ccc(F)cc4)C3)nn2)n1. The monoisotopic (exact) mass is 370 g/mol. The van der Waals surface area contributed by atoms with Gasteiger partial charge in [0.05, 0.1) is 12.2 Å². The largest absolute Gasteiger partial charge is 0.337 e. The molecule has 1 saturated heterocycles. The van der Waals surface area contributed by atoms with Crippen LogP contribution in [0.25, 0.3) is 11.6 Å². The van der Waals surface area contributed by atoms with Gasteiger partial charge in [-0.05, 0) is 37.1 Å². The smallest absolute Gasteiger partial charge is 0.280 e. The average molecular weight is 370 g/mol. The van der Waals surface area contributed by atoms with Gasteiger partial charge in [0.1, 0.15) is 5.82 Å². The van der Waals surface area contributed by atoms with Crippen molar-refractivity contribution in [3.8, 4) is 11.6 Å². The predicted octanol–water partition coefficient (Wildman–Crippen LogP) is 2.51. The first-order valence-corrected chi connectivity index (χ1v) is 8.93. The number of hydrogen-bond donors (Lipinski definition) is 0. The maximum atomic E-state index is 13.1. The van der Waals surface area contributed by atoms with E-state index in [0.717, 1.165) is 12.8 Å². The standard InChI is InChI=1S/C18H19FN6O2/c1-2-16-20-17(27-22-16)15-11-25(23-21-15)14-4-3-9-24(10-14)18(26)12-5-7-13(19)8-6-12/h5-8,11,14H,2-4,9-10H2,1H3. The van der Waals surface area contributed by atoms with E-state index in [0.29, 0.717) is 42.5 Å². The van der Waals surface area contributed by atoms with Gasteiger partial charge in [0.25, 0.3) is 11.8 Å². The van der Waals surface area contributed by atoms with Gasteiger partial charge in [-0.1, -0.05) is 17.3 Å². The topological polar surface area (TPSA) is 89.9 Å². The highest BCUT2D eigenvalue weighted by Crippen LogP contribution is 2.24. The summed E-state index contributed by atoms with van der Waals surface area (Å²) < 4.78 is 20.0. The second kappa shape index (κ2) is 7.26. The van der Waals surface area contributed by atoms with Crippen LogP contribution in [-0.2, 0) is 6.42 Å². The Morgan fingerprint density at radius 1 is 1.33 bits per heavy atom. The molecule has 0 N–H and O–H groups in total. The van der Waals surface area contributed by atoms with Crippen molar-refractivity contribution >= 4 is 5.91 Å². The van der Waals surface area contributed by atoms with Crippen LogP contribution in [0.3, 0.4) is 0 Å². The summed E-state index contributed by atoms with van der Waals surface area (Å²) in [4.78, 5) is 18.7. The Morgan fingerprint density at radius 3 is 2.89 bits per heavy atom. The van der Waals surface area contributed by atoms with Crippen LogP contribution in [0.15, 0.2) is 35.0 Å². The van der Waals surface area contributed by atoms with E-state index in [1.165, 1.54) is 24.3 Å². The molecular weight excluding hydrogens is 351 g/mol. The molecule has 1 fully saturated rings. The van der Waals surface area contributed by atoms with Gasteiger partial charge < -0.3 is 9.42 Å². The summed E-state index contributed by atoms with van der Waals surface area (Å²) in [5.41, 5.74) is 0.999. The lowest BCUT2D eigenvalue weighted by molar-refractivity contribution is 0.0672. The third-order valence-corrected chi connectivity index (χ3v) is 4.66. The van der Waals surface area contributed by atoms with Crippen molar-refractivity contribution in [2.24, 2.45) is 0 Å². The zero-order valence-electron chi connectivity index (χ0n) is 14.9. The number of aryl methyl sites for hydroxylation is 1. The summed E-state index contributed by atoms with van der Waals surface area (Å²) in [5, 5.41) is 12.2. The molecule has 140 valence electrons. The lowest BCUT2D eigenvalue weighted by Crippen LogP contribution is -2.40.